The van der Waals surface area contributed by atoms with Crippen molar-refractivity contribution in [1.82, 2.24) is 4.90 Å². The molecule has 0 spiro atoms. The minimum atomic E-state index is 0.0940. The maximum absolute atomic E-state index is 9.23. The third-order valence-electron chi connectivity index (χ3n) is 2.54. The van der Waals surface area contributed by atoms with Crippen LogP contribution in [0.15, 0.2) is 0 Å². The van der Waals surface area contributed by atoms with Gasteiger partial charge in [0.15, 0.2) is 0 Å². The normalized spacial score (nSPS) is 16.2. The van der Waals surface area contributed by atoms with Crippen molar-refractivity contribution in [1.29, 1.82) is 0 Å². The van der Waals surface area contributed by atoms with Crippen LogP contribution in [-0.4, -0.2) is 41.8 Å². The van der Waals surface area contributed by atoms with Crippen molar-refractivity contribution in [2.75, 3.05) is 19.7 Å². The van der Waals surface area contributed by atoms with Gasteiger partial charge in [-0.1, -0.05) is 20.8 Å². The SMILES string of the molecule is CCCN(CC)C(CO)C(N)CC. The van der Waals surface area contributed by atoms with Crippen molar-refractivity contribution in [3.63, 3.8) is 0 Å². The monoisotopic (exact) mass is 188 g/mol. The van der Waals surface area contributed by atoms with E-state index in [4.69, 9.17) is 5.73 Å². The lowest BCUT2D eigenvalue weighted by atomic mass is 10.1. The van der Waals surface area contributed by atoms with Gasteiger partial charge in [0.05, 0.1) is 6.61 Å². The zero-order valence-corrected chi connectivity index (χ0v) is 9.16. The first-order chi connectivity index (χ1) is 6.21. The molecule has 0 aliphatic rings. The highest BCUT2D eigenvalue weighted by molar-refractivity contribution is 4.79. The Hall–Kier alpha value is -0.120. The molecule has 3 heteroatoms. The number of aliphatic hydroxyl groups is 1. The number of rotatable bonds is 7. The molecule has 0 fully saturated rings. The van der Waals surface area contributed by atoms with Crippen LogP contribution < -0.4 is 5.73 Å². The van der Waals surface area contributed by atoms with Crippen LogP contribution in [0, 0.1) is 0 Å². The van der Waals surface area contributed by atoms with Gasteiger partial charge < -0.3 is 10.8 Å². The second-order valence-corrected chi connectivity index (χ2v) is 3.45. The summed E-state index contributed by atoms with van der Waals surface area (Å²) < 4.78 is 0. The Kier molecular flexibility index (Phi) is 7.23. The first kappa shape index (κ1) is 12.9. The molecular formula is C10H24N2O. The lowest BCUT2D eigenvalue weighted by molar-refractivity contribution is 0.107. The van der Waals surface area contributed by atoms with Crippen LogP contribution >= 0.6 is 0 Å². The molecule has 0 bridgehead atoms. The highest BCUT2D eigenvalue weighted by Crippen LogP contribution is 2.06. The zero-order chi connectivity index (χ0) is 10.3. The Bertz CT molecular complexity index is 119. The molecule has 0 aromatic heterocycles. The maximum atomic E-state index is 9.23. The Balaban J connectivity index is 4.15. The smallest absolute Gasteiger partial charge is 0.0601 e. The molecule has 80 valence electrons. The molecule has 0 radical (unpaired) electrons. The summed E-state index contributed by atoms with van der Waals surface area (Å²) in [5.41, 5.74) is 5.93. The van der Waals surface area contributed by atoms with Gasteiger partial charge in [-0.25, -0.2) is 0 Å². The first-order valence-electron chi connectivity index (χ1n) is 5.31. The molecule has 0 rings (SSSR count). The van der Waals surface area contributed by atoms with Crippen molar-refractivity contribution in [2.24, 2.45) is 5.73 Å². The van der Waals surface area contributed by atoms with Crippen LogP contribution in [0.5, 0.6) is 0 Å². The van der Waals surface area contributed by atoms with Crippen molar-refractivity contribution in [3.8, 4) is 0 Å². The average Bonchev–Trinajstić information content (AvgIpc) is 2.17. The van der Waals surface area contributed by atoms with E-state index in [1.807, 2.05) is 0 Å². The largest absolute Gasteiger partial charge is 0.395 e. The van der Waals surface area contributed by atoms with Gasteiger partial charge in [0, 0.05) is 12.1 Å². The van der Waals surface area contributed by atoms with Gasteiger partial charge in [-0.3, -0.25) is 4.90 Å². The van der Waals surface area contributed by atoms with Gasteiger partial charge in [-0.05, 0) is 25.9 Å². The van der Waals surface area contributed by atoms with Crippen molar-refractivity contribution >= 4 is 0 Å². The number of nitrogens with zero attached hydrogens (tertiary/aromatic N) is 1. The molecule has 0 heterocycles. The van der Waals surface area contributed by atoms with E-state index in [1.54, 1.807) is 0 Å². The highest BCUT2D eigenvalue weighted by atomic mass is 16.3. The summed E-state index contributed by atoms with van der Waals surface area (Å²) in [4.78, 5) is 2.26. The zero-order valence-electron chi connectivity index (χ0n) is 9.16. The number of likely N-dealkylation sites (N-methyl/N-ethyl adjacent to an activating group) is 1. The van der Waals surface area contributed by atoms with Crippen molar-refractivity contribution in [2.45, 2.75) is 45.7 Å². The second-order valence-electron chi connectivity index (χ2n) is 3.45. The molecule has 0 aliphatic heterocycles. The summed E-state index contributed by atoms with van der Waals surface area (Å²) in [5.74, 6) is 0. The molecule has 13 heavy (non-hydrogen) atoms. The van der Waals surface area contributed by atoms with E-state index in [1.165, 1.54) is 0 Å². The number of aliphatic hydroxyl groups excluding tert-OH is 1. The van der Waals surface area contributed by atoms with Crippen molar-refractivity contribution in [3.05, 3.63) is 0 Å². The Morgan fingerprint density at radius 1 is 1.31 bits per heavy atom. The van der Waals surface area contributed by atoms with E-state index in [2.05, 4.69) is 25.7 Å². The van der Waals surface area contributed by atoms with Crippen LogP contribution in [0.1, 0.15) is 33.6 Å². The fourth-order valence-electron chi connectivity index (χ4n) is 1.64. The number of hydrogen-bond acceptors (Lipinski definition) is 3. The van der Waals surface area contributed by atoms with Crippen LogP contribution in [0.2, 0.25) is 0 Å². The molecule has 3 N–H and O–H groups in total. The summed E-state index contributed by atoms with van der Waals surface area (Å²) in [5, 5.41) is 9.23. The van der Waals surface area contributed by atoms with E-state index in [-0.39, 0.29) is 18.7 Å². The molecule has 0 saturated carbocycles. The minimum Gasteiger partial charge on any atom is -0.395 e. The standard InChI is InChI=1S/C10H24N2O/c1-4-7-12(6-3)10(8-13)9(11)5-2/h9-10,13H,4-8,11H2,1-3H3. The van der Waals surface area contributed by atoms with E-state index >= 15 is 0 Å². The molecule has 0 aliphatic carbocycles. The number of hydrogen-bond donors (Lipinski definition) is 2. The highest BCUT2D eigenvalue weighted by Gasteiger charge is 2.20. The van der Waals surface area contributed by atoms with E-state index in [0.717, 1.165) is 25.9 Å². The first-order valence-corrected chi connectivity index (χ1v) is 5.31. The van der Waals surface area contributed by atoms with Gasteiger partial charge in [0.1, 0.15) is 0 Å². The lowest BCUT2D eigenvalue weighted by Gasteiger charge is -2.32. The fourth-order valence-corrected chi connectivity index (χ4v) is 1.64. The quantitative estimate of drug-likeness (QED) is 0.622. The molecular weight excluding hydrogens is 164 g/mol. The average molecular weight is 188 g/mol. The molecule has 2 unspecified atom stereocenters. The van der Waals surface area contributed by atoms with E-state index in [0.29, 0.717) is 0 Å². The van der Waals surface area contributed by atoms with E-state index < -0.39 is 0 Å². The van der Waals surface area contributed by atoms with Gasteiger partial charge in [0.2, 0.25) is 0 Å². The van der Waals surface area contributed by atoms with E-state index in [9.17, 15) is 5.11 Å². The molecule has 2 atom stereocenters. The number of nitrogens with two attached hydrogens (primary N) is 1. The van der Waals surface area contributed by atoms with Gasteiger partial charge >= 0.3 is 0 Å². The fraction of sp³-hybridized carbons (Fsp3) is 1.00. The topological polar surface area (TPSA) is 49.5 Å². The molecule has 0 saturated heterocycles. The Morgan fingerprint density at radius 3 is 2.23 bits per heavy atom. The summed E-state index contributed by atoms with van der Waals surface area (Å²) in [7, 11) is 0. The molecule has 0 aromatic carbocycles. The predicted molar refractivity (Wildman–Crippen MR) is 56.7 cm³/mol. The third kappa shape index (κ3) is 4.07. The molecule has 0 amide bonds. The summed E-state index contributed by atoms with van der Waals surface area (Å²) in [6.45, 7) is 8.48. The molecule has 3 nitrogen and oxygen atoms in total. The van der Waals surface area contributed by atoms with Crippen LogP contribution in [-0.2, 0) is 0 Å². The van der Waals surface area contributed by atoms with Crippen molar-refractivity contribution < 1.29 is 5.11 Å². The summed E-state index contributed by atoms with van der Waals surface area (Å²) in [6.07, 6.45) is 2.03. The summed E-state index contributed by atoms with van der Waals surface area (Å²) >= 11 is 0. The van der Waals surface area contributed by atoms with Gasteiger partial charge in [-0.15, -0.1) is 0 Å². The minimum absolute atomic E-state index is 0.0940. The summed E-state index contributed by atoms with van der Waals surface area (Å²) in [6, 6.07) is 0.228. The second kappa shape index (κ2) is 7.30. The van der Waals surface area contributed by atoms with Crippen LogP contribution in [0.4, 0.5) is 0 Å². The van der Waals surface area contributed by atoms with Crippen LogP contribution in [0.25, 0.3) is 0 Å². The predicted octanol–water partition coefficient (Wildman–Crippen LogP) is 0.817. The van der Waals surface area contributed by atoms with Gasteiger partial charge in [0.25, 0.3) is 0 Å². The molecule has 0 aromatic rings. The van der Waals surface area contributed by atoms with Gasteiger partial charge in [-0.2, -0.15) is 0 Å². The lowest BCUT2D eigenvalue weighted by Crippen LogP contribution is -2.50. The Labute approximate surface area is 81.9 Å². The van der Waals surface area contributed by atoms with Crippen LogP contribution in [0.3, 0.4) is 0 Å². The maximum Gasteiger partial charge on any atom is 0.0601 e. The third-order valence-corrected chi connectivity index (χ3v) is 2.54. The Morgan fingerprint density at radius 2 is 1.92 bits per heavy atom.